The molecule has 3 heteroatoms. The van der Waals surface area contributed by atoms with E-state index in [1.165, 1.54) is 26.2 Å². The van der Waals surface area contributed by atoms with Gasteiger partial charge >= 0.3 is 5.97 Å². The maximum atomic E-state index is 11.8. The molecule has 1 N–H and O–H groups in total. The van der Waals surface area contributed by atoms with E-state index in [0.717, 1.165) is 50.0 Å². The van der Waals surface area contributed by atoms with Crippen LogP contribution in [0.15, 0.2) is 30.3 Å². The number of benzene rings is 1. The fourth-order valence-corrected chi connectivity index (χ4v) is 8.48. The molecule has 4 aliphatic carbocycles. The number of hydrogen-bond donors (Lipinski definition) is 1. The molecule has 0 radical (unpaired) electrons. The van der Waals surface area contributed by atoms with Gasteiger partial charge in [0.25, 0.3) is 0 Å². The summed E-state index contributed by atoms with van der Waals surface area (Å²) in [5.41, 5.74) is 0.327. The number of hydrogen-bond acceptors (Lipinski definition) is 3. The van der Waals surface area contributed by atoms with Crippen LogP contribution in [0.1, 0.15) is 84.1 Å². The molecule has 0 saturated heterocycles. The molecule has 1 aromatic rings. The van der Waals surface area contributed by atoms with Gasteiger partial charge in [0.2, 0.25) is 0 Å². The van der Waals surface area contributed by atoms with Gasteiger partial charge in [0, 0.05) is 17.9 Å². The third-order valence-corrected chi connectivity index (χ3v) is 10.3. The van der Waals surface area contributed by atoms with Crippen LogP contribution in [0.25, 0.3) is 0 Å². The van der Waals surface area contributed by atoms with Gasteiger partial charge in [-0.25, -0.2) is 0 Å². The summed E-state index contributed by atoms with van der Waals surface area (Å²) < 4.78 is 5.61. The van der Waals surface area contributed by atoms with E-state index >= 15 is 0 Å². The standard InChI is InChI=1S/C29H38O3/c1-20(30)32-23-12-15-27(2)22(19-23)9-10-24-25(27)13-16-28(3)26(24)14-18-29(28,31)17-11-21-7-5-4-6-8-21/h4-8,22-26,31H,9-10,12-16,18-19H2,1-3H3/t22-,23+,24-,25+,26+,27-,28+,29-/m0/s1. The molecule has 0 heterocycles. The summed E-state index contributed by atoms with van der Waals surface area (Å²) in [5, 5.41) is 11.8. The minimum Gasteiger partial charge on any atom is -0.463 e. The largest absolute Gasteiger partial charge is 0.463 e. The van der Waals surface area contributed by atoms with Gasteiger partial charge < -0.3 is 9.84 Å². The Kier molecular flexibility index (Phi) is 5.44. The molecule has 3 nitrogen and oxygen atoms in total. The van der Waals surface area contributed by atoms with E-state index < -0.39 is 5.60 Å². The molecule has 5 rings (SSSR count). The quantitative estimate of drug-likeness (QED) is 0.453. The number of fused-ring (bicyclic) bond motifs is 5. The fraction of sp³-hybridized carbons (Fsp3) is 0.690. The van der Waals surface area contributed by atoms with Crippen LogP contribution in [0.5, 0.6) is 0 Å². The molecule has 1 aromatic carbocycles. The summed E-state index contributed by atoms with van der Waals surface area (Å²) in [6.45, 7) is 6.39. The first kappa shape index (κ1) is 22.0. The monoisotopic (exact) mass is 434 g/mol. The summed E-state index contributed by atoms with van der Waals surface area (Å²) in [4.78, 5) is 11.5. The topological polar surface area (TPSA) is 46.5 Å². The Morgan fingerprint density at radius 1 is 1.00 bits per heavy atom. The van der Waals surface area contributed by atoms with Crippen molar-refractivity contribution in [3.63, 3.8) is 0 Å². The lowest BCUT2D eigenvalue weighted by Crippen LogP contribution is -2.56. The molecule has 4 saturated carbocycles. The van der Waals surface area contributed by atoms with E-state index in [0.29, 0.717) is 23.2 Å². The van der Waals surface area contributed by atoms with Crippen molar-refractivity contribution in [1.82, 2.24) is 0 Å². The van der Waals surface area contributed by atoms with E-state index in [-0.39, 0.29) is 17.5 Å². The van der Waals surface area contributed by atoms with Gasteiger partial charge in [0.05, 0.1) is 0 Å². The smallest absolute Gasteiger partial charge is 0.302 e. The van der Waals surface area contributed by atoms with Crippen LogP contribution in [0, 0.1) is 46.3 Å². The first-order chi connectivity index (χ1) is 15.3. The molecule has 0 amide bonds. The minimum atomic E-state index is -0.886. The molecular weight excluding hydrogens is 396 g/mol. The molecule has 4 aliphatic rings. The predicted octanol–water partition coefficient (Wildman–Crippen LogP) is 5.74. The van der Waals surface area contributed by atoms with Crippen LogP contribution in [0.4, 0.5) is 0 Å². The number of esters is 1. The van der Waals surface area contributed by atoms with Crippen LogP contribution < -0.4 is 0 Å². The Labute approximate surface area is 193 Å². The highest BCUT2D eigenvalue weighted by Crippen LogP contribution is 2.68. The normalized spacial score (nSPS) is 44.9. The maximum absolute atomic E-state index is 11.8. The van der Waals surface area contributed by atoms with Crippen molar-refractivity contribution in [2.24, 2.45) is 34.5 Å². The van der Waals surface area contributed by atoms with E-state index in [1.54, 1.807) is 0 Å². The molecule has 172 valence electrons. The molecule has 0 bridgehead atoms. The lowest BCUT2D eigenvalue weighted by molar-refractivity contribution is -0.163. The third kappa shape index (κ3) is 3.41. The minimum absolute atomic E-state index is 0.112. The van der Waals surface area contributed by atoms with E-state index in [9.17, 15) is 9.90 Å². The van der Waals surface area contributed by atoms with Crippen molar-refractivity contribution >= 4 is 5.97 Å². The van der Waals surface area contributed by atoms with Gasteiger partial charge in [-0.3, -0.25) is 4.79 Å². The third-order valence-electron chi connectivity index (χ3n) is 10.3. The zero-order valence-corrected chi connectivity index (χ0v) is 19.9. The number of ether oxygens (including phenoxy) is 1. The number of carbonyl (C=O) groups excluding carboxylic acids is 1. The summed E-state index contributed by atoms with van der Waals surface area (Å²) in [7, 11) is 0. The van der Waals surface area contributed by atoms with Gasteiger partial charge in [-0.05, 0) is 99.0 Å². The van der Waals surface area contributed by atoms with Crippen LogP contribution in [-0.4, -0.2) is 22.8 Å². The zero-order valence-electron chi connectivity index (χ0n) is 19.9. The van der Waals surface area contributed by atoms with Crippen molar-refractivity contribution < 1.29 is 14.6 Å². The molecule has 32 heavy (non-hydrogen) atoms. The Bertz CT molecular complexity index is 929. The van der Waals surface area contributed by atoms with Crippen LogP contribution in [-0.2, 0) is 9.53 Å². The Balaban J connectivity index is 1.36. The summed E-state index contributed by atoms with van der Waals surface area (Å²) in [6, 6.07) is 10.1. The average Bonchev–Trinajstić information content (AvgIpc) is 3.04. The van der Waals surface area contributed by atoms with Crippen molar-refractivity contribution in [3.05, 3.63) is 35.9 Å². The Morgan fingerprint density at radius 2 is 1.75 bits per heavy atom. The Hall–Kier alpha value is -1.79. The van der Waals surface area contributed by atoms with Gasteiger partial charge in [-0.1, -0.05) is 43.9 Å². The van der Waals surface area contributed by atoms with Gasteiger partial charge in [0.15, 0.2) is 0 Å². The average molecular weight is 435 g/mol. The lowest BCUT2D eigenvalue weighted by atomic mass is 9.44. The first-order valence-electron chi connectivity index (χ1n) is 12.7. The molecule has 0 spiro atoms. The number of aliphatic hydroxyl groups is 1. The first-order valence-corrected chi connectivity index (χ1v) is 12.7. The highest BCUT2D eigenvalue weighted by molar-refractivity contribution is 5.66. The zero-order chi connectivity index (χ0) is 22.6. The maximum Gasteiger partial charge on any atom is 0.302 e. The molecule has 0 aromatic heterocycles. The van der Waals surface area contributed by atoms with Crippen molar-refractivity contribution in [2.75, 3.05) is 0 Å². The second kappa shape index (κ2) is 7.91. The van der Waals surface area contributed by atoms with Crippen LogP contribution >= 0.6 is 0 Å². The van der Waals surface area contributed by atoms with E-state index in [2.05, 4.69) is 25.7 Å². The van der Waals surface area contributed by atoms with Crippen molar-refractivity contribution in [3.8, 4) is 11.8 Å². The summed E-state index contributed by atoms with van der Waals surface area (Å²) >= 11 is 0. The van der Waals surface area contributed by atoms with Gasteiger partial charge in [-0.15, -0.1) is 0 Å². The van der Waals surface area contributed by atoms with E-state index in [4.69, 9.17) is 4.74 Å². The fourth-order valence-electron chi connectivity index (χ4n) is 8.48. The summed E-state index contributed by atoms with van der Waals surface area (Å²) in [6.07, 6.45) is 9.94. The van der Waals surface area contributed by atoms with Gasteiger partial charge in [-0.2, -0.15) is 0 Å². The molecule has 4 fully saturated rings. The van der Waals surface area contributed by atoms with Crippen LogP contribution in [0.2, 0.25) is 0 Å². The second-order valence-electron chi connectivity index (χ2n) is 11.6. The van der Waals surface area contributed by atoms with Crippen LogP contribution in [0.3, 0.4) is 0 Å². The Morgan fingerprint density at radius 3 is 2.50 bits per heavy atom. The highest BCUT2D eigenvalue weighted by Gasteiger charge is 2.64. The van der Waals surface area contributed by atoms with Crippen molar-refractivity contribution in [1.29, 1.82) is 0 Å². The molecule has 8 atom stereocenters. The second-order valence-corrected chi connectivity index (χ2v) is 11.6. The van der Waals surface area contributed by atoms with E-state index in [1.807, 2.05) is 30.3 Å². The molecule has 0 unspecified atom stereocenters. The van der Waals surface area contributed by atoms with Crippen molar-refractivity contribution in [2.45, 2.75) is 90.3 Å². The SMILES string of the molecule is CC(=O)O[C@@H]1CC[C@@]2(C)[C@@H](CC[C@H]3[C@H]2CC[C@]2(C)[C@@H]3CC[C@@]2(O)C#Cc2ccccc2)C1. The van der Waals surface area contributed by atoms with Gasteiger partial charge in [0.1, 0.15) is 11.7 Å². The number of carbonyl (C=O) groups is 1. The summed E-state index contributed by atoms with van der Waals surface area (Å²) in [5.74, 6) is 9.13. The molecular formula is C29H38O3. The molecule has 0 aliphatic heterocycles. The number of rotatable bonds is 1. The highest BCUT2D eigenvalue weighted by atomic mass is 16.5. The predicted molar refractivity (Wildman–Crippen MR) is 126 cm³/mol. The lowest BCUT2D eigenvalue weighted by Gasteiger charge is -2.61.